The van der Waals surface area contributed by atoms with Gasteiger partial charge in [-0.25, -0.2) is 9.18 Å². The lowest BCUT2D eigenvalue weighted by atomic mass is 9.94. The van der Waals surface area contributed by atoms with E-state index in [4.69, 9.17) is 4.52 Å². The number of hydrogen-bond donors (Lipinski definition) is 1. The summed E-state index contributed by atoms with van der Waals surface area (Å²) >= 11 is 0. The minimum Gasteiger partial charge on any atom is -0.478 e. The van der Waals surface area contributed by atoms with E-state index < -0.39 is 11.8 Å². The lowest BCUT2D eigenvalue weighted by Gasteiger charge is -2.29. The number of carboxylic acids is 1. The number of carboxylic acid groups (broad SMARTS) is 1. The molecule has 1 aromatic heterocycles. The van der Waals surface area contributed by atoms with Crippen LogP contribution in [-0.2, 0) is 25.9 Å². The average Bonchev–Trinajstić information content (AvgIpc) is 2.93. The summed E-state index contributed by atoms with van der Waals surface area (Å²) in [6.45, 7) is 3.95. The summed E-state index contributed by atoms with van der Waals surface area (Å²) in [5.41, 5.74) is 3.52. The van der Waals surface area contributed by atoms with Crippen LogP contribution in [0.3, 0.4) is 0 Å². The van der Waals surface area contributed by atoms with E-state index in [0.29, 0.717) is 19.5 Å². The molecule has 5 nitrogen and oxygen atoms in total. The Hall–Kier alpha value is -2.21. The first kappa shape index (κ1) is 14.7. The summed E-state index contributed by atoms with van der Waals surface area (Å²) in [4.78, 5) is 13.4. The van der Waals surface area contributed by atoms with E-state index in [9.17, 15) is 14.3 Å². The molecule has 0 radical (unpaired) electrons. The maximum Gasteiger partial charge on any atom is 0.336 e. The van der Waals surface area contributed by atoms with Gasteiger partial charge in [0.25, 0.3) is 0 Å². The zero-order valence-electron chi connectivity index (χ0n) is 12.3. The van der Waals surface area contributed by atoms with Gasteiger partial charge in [0.1, 0.15) is 12.1 Å². The molecule has 2 heterocycles. The average molecular weight is 304 g/mol. The predicted octanol–water partition coefficient (Wildman–Crippen LogP) is 2.63. The van der Waals surface area contributed by atoms with Gasteiger partial charge in [-0.05, 0) is 36.1 Å². The van der Waals surface area contributed by atoms with E-state index in [-0.39, 0.29) is 5.56 Å². The highest BCUT2D eigenvalue weighted by molar-refractivity contribution is 5.90. The van der Waals surface area contributed by atoms with Crippen molar-refractivity contribution in [1.29, 1.82) is 0 Å². The number of hydrogen-bond acceptors (Lipinski definition) is 4. The summed E-state index contributed by atoms with van der Waals surface area (Å²) < 4.78 is 18.6. The molecule has 6 heteroatoms. The summed E-state index contributed by atoms with van der Waals surface area (Å²) in [5.74, 6) is -1.58. The maximum atomic E-state index is 13.6. The van der Waals surface area contributed by atoms with E-state index in [1.807, 2.05) is 6.92 Å². The van der Waals surface area contributed by atoms with E-state index in [0.717, 1.165) is 41.4 Å². The van der Waals surface area contributed by atoms with E-state index in [1.165, 1.54) is 6.07 Å². The van der Waals surface area contributed by atoms with Crippen LogP contribution in [0.2, 0.25) is 0 Å². The van der Waals surface area contributed by atoms with Gasteiger partial charge in [-0.1, -0.05) is 12.1 Å². The summed E-state index contributed by atoms with van der Waals surface area (Å²) in [7, 11) is 0. The minimum absolute atomic E-state index is 0.0777. The van der Waals surface area contributed by atoms with Crippen molar-refractivity contribution in [2.24, 2.45) is 0 Å². The van der Waals surface area contributed by atoms with Crippen LogP contribution >= 0.6 is 0 Å². The Labute approximate surface area is 127 Å². The summed E-state index contributed by atoms with van der Waals surface area (Å²) in [6, 6.07) is 2.54. The molecule has 2 aromatic rings. The Balaban J connectivity index is 1.83. The van der Waals surface area contributed by atoms with E-state index in [2.05, 4.69) is 10.1 Å². The molecule has 0 saturated carbocycles. The van der Waals surface area contributed by atoms with Gasteiger partial charge in [-0.15, -0.1) is 0 Å². The predicted molar refractivity (Wildman–Crippen MR) is 77.1 cm³/mol. The van der Waals surface area contributed by atoms with Crippen LogP contribution in [0.25, 0.3) is 0 Å². The second-order valence-corrected chi connectivity index (χ2v) is 5.50. The van der Waals surface area contributed by atoms with Crippen molar-refractivity contribution in [3.63, 3.8) is 0 Å². The molecular weight excluding hydrogens is 287 g/mol. The summed E-state index contributed by atoms with van der Waals surface area (Å²) in [6.07, 6.45) is 3.04. The fourth-order valence-corrected chi connectivity index (χ4v) is 2.99. The lowest BCUT2D eigenvalue weighted by molar-refractivity contribution is 0.0694. The molecule has 0 fully saturated rings. The maximum absolute atomic E-state index is 13.6. The largest absolute Gasteiger partial charge is 0.478 e. The molecule has 1 aliphatic heterocycles. The number of aryl methyl sites for hydroxylation is 1. The first-order chi connectivity index (χ1) is 10.6. The van der Waals surface area contributed by atoms with Crippen LogP contribution in [0, 0.1) is 5.82 Å². The minimum atomic E-state index is -1.07. The van der Waals surface area contributed by atoms with Crippen LogP contribution in [-0.4, -0.2) is 27.7 Å². The molecule has 3 rings (SSSR count). The Morgan fingerprint density at radius 3 is 3.05 bits per heavy atom. The van der Waals surface area contributed by atoms with Crippen LogP contribution in [0.15, 0.2) is 22.9 Å². The third-order valence-electron chi connectivity index (χ3n) is 4.07. The van der Waals surface area contributed by atoms with Gasteiger partial charge in [0, 0.05) is 25.2 Å². The highest BCUT2D eigenvalue weighted by atomic mass is 19.1. The number of rotatable bonds is 4. The van der Waals surface area contributed by atoms with Crippen LogP contribution in [0.4, 0.5) is 4.39 Å². The molecule has 1 aliphatic rings. The van der Waals surface area contributed by atoms with Gasteiger partial charge < -0.3 is 9.63 Å². The molecule has 0 saturated heterocycles. The fraction of sp³-hybridized carbons (Fsp3) is 0.375. The number of fused-ring (bicyclic) bond motifs is 1. The summed E-state index contributed by atoms with van der Waals surface area (Å²) in [5, 5.41) is 13.2. The second kappa shape index (κ2) is 5.88. The van der Waals surface area contributed by atoms with Crippen molar-refractivity contribution in [3.8, 4) is 0 Å². The highest BCUT2D eigenvalue weighted by Crippen LogP contribution is 2.25. The zero-order valence-corrected chi connectivity index (χ0v) is 12.3. The monoisotopic (exact) mass is 304 g/mol. The first-order valence-corrected chi connectivity index (χ1v) is 7.27. The molecule has 1 N–H and O–H groups in total. The SMILES string of the molecule is CCc1nocc1CN1CCc2c(cc(F)cc2C(=O)O)C1. The van der Waals surface area contributed by atoms with Crippen LogP contribution < -0.4 is 0 Å². The van der Waals surface area contributed by atoms with Crippen molar-refractivity contribution in [1.82, 2.24) is 10.1 Å². The quantitative estimate of drug-likeness (QED) is 0.940. The van der Waals surface area contributed by atoms with Gasteiger partial charge >= 0.3 is 5.97 Å². The van der Waals surface area contributed by atoms with Gasteiger partial charge in [-0.3, -0.25) is 4.90 Å². The van der Waals surface area contributed by atoms with Gasteiger partial charge in [0.2, 0.25) is 0 Å². The Morgan fingerprint density at radius 2 is 2.32 bits per heavy atom. The molecule has 0 aliphatic carbocycles. The zero-order chi connectivity index (χ0) is 15.7. The molecule has 0 amide bonds. The molecule has 22 heavy (non-hydrogen) atoms. The Morgan fingerprint density at radius 1 is 1.50 bits per heavy atom. The topological polar surface area (TPSA) is 66.6 Å². The van der Waals surface area contributed by atoms with Crippen molar-refractivity contribution in [2.45, 2.75) is 32.9 Å². The highest BCUT2D eigenvalue weighted by Gasteiger charge is 2.23. The first-order valence-electron chi connectivity index (χ1n) is 7.27. The molecule has 116 valence electrons. The Kier molecular flexibility index (Phi) is 3.94. The van der Waals surface area contributed by atoms with Gasteiger partial charge in [0.15, 0.2) is 0 Å². The van der Waals surface area contributed by atoms with Crippen LogP contribution in [0.1, 0.15) is 39.7 Å². The third-order valence-corrected chi connectivity index (χ3v) is 4.07. The molecular formula is C16H17FN2O3. The third kappa shape index (κ3) is 2.74. The van der Waals surface area contributed by atoms with Gasteiger partial charge in [0.05, 0.1) is 11.3 Å². The number of benzene rings is 1. The van der Waals surface area contributed by atoms with Crippen LogP contribution in [0.5, 0.6) is 0 Å². The van der Waals surface area contributed by atoms with E-state index >= 15 is 0 Å². The van der Waals surface area contributed by atoms with Gasteiger partial charge in [-0.2, -0.15) is 0 Å². The lowest BCUT2D eigenvalue weighted by Crippen LogP contribution is -2.31. The van der Waals surface area contributed by atoms with E-state index in [1.54, 1.807) is 6.26 Å². The number of aromatic nitrogens is 1. The molecule has 0 unspecified atom stereocenters. The molecule has 0 spiro atoms. The second-order valence-electron chi connectivity index (χ2n) is 5.50. The van der Waals surface area contributed by atoms with Crippen molar-refractivity contribution < 1.29 is 18.8 Å². The number of aromatic carboxylic acids is 1. The standard InChI is InChI=1S/C16H17FN2O3/c1-2-15-11(9-22-18-15)8-19-4-3-13-10(7-19)5-12(17)6-14(13)16(20)21/h5-6,9H,2-4,7-8H2,1H3,(H,20,21). The van der Waals surface area contributed by atoms with Crippen molar-refractivity contribution in [3.05, 3.63) is 52.2 Å². The fourth-order valence-electron chi connectivity index (χ4n) is 2.99. The molecule has 0 bridgehead atoms. The molecule has 1 aromatic carbocycles. The Bertz CT molecular complexity index is 711. The normalized spacial score (nSPS) is 14.8. The van der Waals surface area contributed by atoms with Crippen molar-refractivity contribution in [2.75, 3.05) is 6.54 Å². The van der Waals surface area contributed by atoms with Crippen molar-refractivity contribution >= 4 is 5.97 Å². The number of halogens is 1. The number of carbonyl (C=O) groups is 1. The smallest absolute Gasteiger partial charge is 0.336 e. The number of nitrogens with zero attached hydrogens (tertiary/aromatic N) is 2. The molecule has 0 atom stereocenters.